The van der Waals surface area contributed by atoms with Crippen molar-refractivity contribution in [2.24, 2.45) is 4.99 Å². The summed E-state index contributed by atoms with van der Waals surface area (Å²) in [5, 5.41) is 9.56. The van der Waals surface area contributed by atoms with Gasteiger partial charge in [-0.25, -0.2) is 0 Å². The van der Waals surface area contributed by atoms with E-state index in [1.807, 2.05) is 25.1 Å². The highest BCUT2D eigenvalue weighted by atomic mass is 16.5. The Morgan fingerprint density at radius 3 is 2.63 bits per heavy atom. The second-order valence-electron chi connectivity index (χ2n) is 6.57. The molecule has 0 radical (unpaired) electrons. The van der Waals surface area contributed by atoms with Crippen LogP contribution in [-0.2, 0) is 11.2 Å². The van der Waals surface area contributed by atoms with Crippen LogP contribution in [0.5, 0.6) is 11.5 Å². The van der Waals surface area contributed by atoms with Crippen LogP contribution in [0.25, 0.3) is 0 Å². The van der Waals surface area contributed by atoms with E-state index in [1.165, 1.54) is 0 Å². The largest absolute Gasteiger partial charge is 0.493 e. The first-order valence-electron chi connectivity index (χ1n) is 9.68. The molecular formula is C20H32N4O3. The van der Waals surface area contributed by atoms with E-state index in [4.69, 9.17) is 9.47 Å². The van der Waals surface area contributed by atoms with Crippen molar-refractivity contribution in [1.82, 2.24) is 16.0 Å². The Morgan fingerprint density at radius 1 is 1.19 bits per heavy atom. The normalized spacial score (nSPS) is 13.8. The first-order chi connectivity index (χ1) is 13.2. The second-order valence-corrected chi connectivity index (χ2v) is 6.57. The summed E-state index contributed by atoms with van der Waals surface area (Å²) in [6.07, 6.45) is 4.38. The minimum Gasteiger partial charge on any atom is -0.493 e. The van der Waals surface area contributed by atoms with Crippen LogP contribution in [0, 0.1) is 0 Å². The molecule has 1 aliphatic carbocycles. The van der Waals surface area contributed by atoms with Gasteiger partial charge in [0.15, 0.2) is 17.5 Å². The molecule has 0 saturated heterocycles. The van der Waals surface area contributed by atoms with Gasteiger partial charge in [0.2, 0.25) is 5.91 Å². The van der Waals surface area contributed by atoms with E-state index in [-0.39, 0.29) is 5.91 Å². The quantitative estimate of drug-likeness (QED) is 0.312. The van der Waals surface area contributed by atoms with Crippen LogP contribution in [0.2, 0.25) is 0 Å². The van der Waals surface area contributed by atoms with E-state index in [0.717, 1.165) is 61.8 Å². The van der Waals surface area contributed by atoms with Gasteiger partial charge in [-0.15, -0.1) is 0 Å². The van der Waals surface area contributed by atoms with Gasteiger partial charge in [-0.3, -0.25) is 9.79 Å². The minimum atomic E-state index is 0.138. The van der Waals surface area contributed by atoms with Gasteiger partial charge in [-0.2, -0.15) is 0 Å². The van der Waals surface area contributed by atoms with E-state index in [9.17, 15) is 4.79 Å². The topological polar surface area (TPSA) is 84.0 Å². The zero-order valence-electron chi connectivity index (χ0n) is 16.6. The summed E-state index contributed by atoms with van der Waals surface area (Å²) in [6.45, 7) is 4.21. The van der Waals surface area contributed by atoms with Crippen molar-refractivity contribution in [2.45, 2.75) is 45.1 Å². The summed E-state index contributed by atoms with van der Waals surface area (Å²) in [6, 6.07) is 6.37. The molecule has 2 rings (SSSR count). The van der Waals surface area contributed by atoms with Gasteiger partial charge >= 0.3 is 0 Å². The van der Waals surface area contributed by atoms with Crippen LogP contribution in [0.15, 0.2) is 23.2 Å². The molecule has 0 heterocycles. The molecule has 1 saturated carbocycles. The molecule has 0 bridgehead atoms. The number of nitrogens with zero attached hydrogens (tertiary/aromatic N) is 1. The number of methoxy groups -OCH3 is 2. The van der Waals surface area contributed by atoms with Gasteiger partial charge in [-0.1, -0.05) is 6.07 Å². The molecule has 0 atom stereocenters. The molecule has 150 valence electrons. The number of rotatable bonds is 11. The number of nitrogens with one attached hydrogen (secondary N) is 3. The minimum absolute atomic E-state index is 0.138. The highest BCUT2D eigenvalue weighted by Gasteiger charge is 2.22. The average molecular weight is 377 g/mol. The molecule has 3 N–H and O–H groups in total. The van der Waals surface area contributed by atoms with Gasteiger partial charge in [0.05, 0.1) is 14.2 Å². The molecule has 1 amide bonds. The maximum absolute atomic E-state index is 11.7. The summed E-state index contributed by atoms with van der Waals surface area (Å²) in [4.78, 5) is 16.2. The lowest BCUT2D eigenvalue weighted by Gasteiger charge is -2.12. The van der Waals surface area contributed by atoms with Crippen LogP contribution < -0.4 is 25.4 Å². The van der Waals surface area contributed by atoms with Crippen molar-refractivity contribution in [3.8, 4) is 11.5 Å². The SMILES string of the molecule is CCNC(=NCCCC(=O)NC1CC1)NCCc1ccc(OC)c(OC)c1. The van der Waals surface area contributed by atoms with E-state index in [2.05, 4.69) is 20.9 Å². The summed E-state index contributed by atoms with van der Waals surface area (Å²) in [7, 11) is 3.27. The van der Waals surface area contributed by atoms with Crippen molar-refractivity contribution in [1.29, 1.82) is 0 Å². The van der Waals surface area contributed by atoms with Crippen molar-refractivity contribution in [3.05, 3.63) is 23.8 Å². The van der Waals surface area contributed by atoms with Gasteiger partial charge in [0.1, 0.15) is 0 Å². The third-order valence-corrected chi connectivity index (χ3v) is 4.27. The Morgan fingerprint density at radius 2 is 1.96 bits per heavy atom. The van der Waals surface area contributed by atoms with Crippen LogP contribution in [0.1, 0.15) is 38.2 Å². The smallest absolute Gasteiger partial charge is 0.220 e. The van der Waals surface area contributed by atoms with E-state index in [0.29, 0.717) is 19.0 Å². The number of ether oxygens (including phenoxy) is 2. The molecule has 7 nitrogen and oxygen atoms in total. The zero-order valence-corrected chi connectivity index (χ0v) is 16.6. The Kier molecular flexibility index (Phi) is 8.74. The predicted molar refractivity (Wildman–Crippen MR) is 108 cm³/mol. The number of amides is 1. The Labute approximate surface area is 161 Å². The lowest BCUT2D eigenvalue weighted by atomic mass is 10.1. The molecular weight excluding hydrogens is 344 g/mol. The third kappa shape index (κ3) is 7.76. The summed E-state index contributed by atoms with van der Waals surface area (Å²) >= 11 is 0. The zero-order chi connectivity index (χ0) is 19.5. The molecule has 0 aromatic heterocycles. The molecule has 1 aromatic carbocycles. The van der Waals surface area contributed by atoms with Crippen LogP contribution in [0.4, 0.5) is 0 Å². The summed E-state index contributed by atoms with van der Waals surface area (Å²) < 4.78 is 10.6. The number of benzene rings is 1. The van der Waals surface area contributed by atoms with Crippen molar-refractivity contribution < 1.29 is 14.3 Å². The number of guanidine groups is 1. The van der Waals surface area contributed by atoms with E-state index in [1.54, 1.807) is 14.2 Å². The van der Waals surface area contributed by atoms with Crippen molar-refractivity contribution in [2.75, 3.05) is 33.9 Å². The monoisotopic (exact) mass is 376 g/mol. The van der Waals surface area contributed by atoms with Crippen molar-refractivity contribution in [3.63, 3.8) is 0 Å². The molecule has 0 aliphatic heterocycles. The first-order valence-corrected chi connectivity index (χ1v) is 9.68. The predicted octanol–water partition coefficient (Wildman–Crippen LogP) is 1.86. The van der Waals surface area contributed by atoms with Crippen LogP contribution in [-0.4, -0.2) is 51.8 Å². The number of aliphatic imine (C=N–C) groups is 1. The van der Waals surface area contributed by atoms with E-state index < -0.39 is 0 Å². The Balaban J connectivity index is 1.73. The second kappa shape index (κ2) is 11.3. The fraction of sp³-hybridized carbons (Fsp3) is 0.600. The third-order valence-electron chi connectivity index (χ3n) is 4.27. The number of hydrogen-bond acceptors (Lipinski definition) is 4. The first kappa shape index (κ1) is 20.9. The fourth-order valence-corrected chi connectivity index (χ4v) is 2.66. The van der Waals surface area contributed by atoms with Crippen molar-refractivity contribution >= 4 is 11.9 Å². The molecule has 0 unspecified atom stereocenters. The fourth-order valence-electron chi connectivity index (χ4n) is 2.66. The number of carbonyl (C=O) groups excluding carboxylic acids is 1. The highest BCUT2D eigenvalue weighted by molar-refractivity contribution is 5.80. The van der Waals surface area contributed by atoms with Crippen LogP contribution in [0.3, 0.4) is 0 Å². The molecule has 1 aliphatic rings. The maximum atomic E-state index is 11.7. The molecule has 1 aromatic rings. The highest BCUT2D eigenvalue weighted by Crippen LogP contribution is 2.27. The standard InChI is InChI=1S/C20H32N4O3/c1-4-21-20(22-12-5-6-19(25)24-16-8-9-16)23-13-11-15-7-10-17(26-2)18(14-15)27-3/h7,10,14,16H,4-6,8-9,11-13H2,1-3H3,(H,24,25)(H2,21,22,23). The van der Waals surface area contributed by atoms with Gasteiger partial charge in [0.25, 0.3) is 0 Å². The molecule has 27 heavy (non-hydrogen) atoms. The molecule has 1 fully saturated rings. The summed E-state index contributed by atoms with van der Waals surface area (Å²) in [5.41, 5.74) is 1.16. The summed E-state index contributed by atoms with van der Waals surface area (Å²) in [5.74, 6) is 2.38. The Bertz CT molecular complexity index is 630. The number of hydrogen-bond donors (Lipinski definition) is 3. The number of carbonyl (C=O) groups is 1. The average Bonchev–Trinajstić information content (AvgIpc) is 3.48. The lowest BCUT2D eigenvalue weighted by Crippen LogP contribution is -2.38. The lowest BCUT2D eigenvalue weighted by molar-refractivity contribution is -0.121. The van der Waals surface area contributed by atoms with E-state index >= 15 is 0 Å². The van der Waals surface area contributed by atoms with Gasteiger partial charge in [-0.05, 0) is 50.3 Å². The molecule has 0 spiro atoms. The van der Waals surface area contributed by atoms with Gasteiger partial charge < -0.3 is 25.4 Å². The van der Waals surface area contributed by atoms with Gasteiger partial charge in [0, 0.05) is 32.1 Å². The maximum Gasteiger partial charge on any atom is 0.220 e. The van der Waals surface area contributed by atoms with Crippen LogP contribution >= 0.6 is 0 Å². The molecule has 7 heteroatoms. The Hall–Kier alpha value is -2.44.